The van der Waals surface area contributed by atoms with Gasteiger partial charge in [0.1, 0.15) is 23.1 Å². The van der Waals surface area contributed by atoms with Crippen LogP contribution in [0, 0.1) is 12.7 Å². The molecule has 8 nitrogen and oxygen atoms in total. The Morgan fingerprint density at radius 1 is 1.07 bits per heavy atom. The van der Waals surface area contributed by atoms with Gasteiger partial charge in [0.15, 0.2) is 5.65 Å². The second-order valence-corrected chi connectivity index (χ2v) is 10.9. The third-order valence-electron chi connectivity index (χ3n) is 7.49. The lowest BCUT2D eigenvalue weighted by molar-refractivity contribution is 0.0156. The van der Waals surface area contributed by atoms with Gasteiger partial charge in [0, 0.05) is 24.8 Å². The van der Waals surface area contributed by atoms with Crippen molar-refractivity contribution < 1.29 is 18.3 Å². The number of phenols is 1. The van der Waals surface area contributed by atoms with Crippen molar-refractivity contribution in [3.8, 4) is 22.7 Å². The lowest BCUT2D eigenvalue weighted by Crippen LogP contribution is -2.40. The average Bonchev–Trinajstić information content (AvgIpc) is 3.12. The van der Waals surface area contributed by atoms with E-state index >= 15 is 4.39 Å². The number of nitrogens with one attached hydrogen (secondary N) is 1. The molecular formula is C31H29F3N6O2. The molecule has 1 aliphatic heterocycles. The van der Waals surface area contributed by atoms with Crippen molar-refractivity contribution >= 4 is 27.6 Å². The number of aryl methyl sites for hydroxylation is 1. The van der Waals surface area contributed by atoms with Gasteiger partial charge in [-0.3, -0.25) is 4.98 Å². The highest BCUT2D eigenvalue weighted by Crippen LogP contribution is 2.37. The first-order valence-corrected chi connectivity index (χ1v) is 13.7. The van der Waals surface area contributed by atoms with Crippen molar-refractivity contribution in [1.29, 1.82) is 0 Å². The Hall–Kier alpha value is -4.51. The summed E-state index contributed by atoms with van der Waals surface area (Å²) in [5.41, 5.74) is 1.29. The number of hydrogen-bond donors (Lipinski definition) is 2. The molecule has 11 heteroatoms. The Labute approximate surface area is 239 Å². The summed E-state index contributed by atoms with van der Waals surface area (Å²) in [4.78, 5) is 28.7. The Morgan fingerprint density at radius 3 is 2.64 bits per heavy atom. The maximum atomic E-state index is 16.1. The van der Waals surface area contributed by atoms with Gasteiger partial charge in [-0.2, -0.15) is 4.98 Å². The summed E-state index contributed by atoms with van der Waals surface area (Å²) in [7, 11) is 0. The van der Waals surface area contributed by atoms with Crippen LogP contribution in [0.5, 0.6) is 5.75 Å². The van der Waals surface area contributed by atoms with E-state index in [0.717, 1.165) is 0 Å². The van der Waals surface area contributed by atoms with Crippen LogP contribution < -0.4 is 15.9 Å². The van der Waals surface area contributed by atoms with Crippen LogP contribution in [-0.2, 0) is 0 Å². The zero-order valence-corrected chi connectivity index (χ0v) is 23.3. The minimum Gasteiger partial charge on any atom is -0.508 e. The summed E-state index contributed by atoms with van der Waals surface area (Å²) >= 11 is 0. The van der Waals surface area contributed by atoms with Gasteiger partial charge in [0.25, 0.3) is 5.92 Å². The van der Waals surface area contributed by atoms with E-state index in [1.54, 1.807) is 42.6 Å². The molecule has 0 aliphatic carbocycles. The van der Waals surface area contributed by atoms with Gasteiger partial charge in [0.05, 0.1) is 29.9 Å². The number of aromatic nitrogens is 4. The van der Waals surface area contributed by atoms with E-state index in [1.165, 1.54) is 21.6 Å². The molecule has 42 heavy (non-hydrogen) atoms. The molecule has 2 aromatic carbocycles. The van der Waals surface area contributed by atoms with E-state index in [-0.39, 0.29) is 47.3 Å². The van der Waals surface area contributed by atoms with E-state index in [4.69, 9.17) is 4.98 Å². The maximum Gasteiger partial charge on any atom is 0.355 e. The van der Waals surface area contributed by atoms with Crippen LogP contribution in [-0.4, -0.2) is 56.7 Å². The predicted molar refractivity (Wildman–Crippen MR) is 156 cm³/mol. The summed E-state index contributed by atoms with van der Waals surface area (Å²) in [6.07, 6.45) is 1.65. The van der Waals surface area contributed by atoms with E-state index in [1.807, 2.05) is 20.8 Å². The third kappa shape index (κ3) is 4.83. The highest BCUT2D eigenvalue weighted by atomic mass is 19.3. The predicted octanol–water partition coefficient (Wildman–Crippen LogP) is 5.32. The Balaban J connectivity index is 1.72. The molecule has 0 spiro atoms. The molecular weight excluding hydrogens is 545 g/mol. The number of fused-ring (bicyclic) bond motifs is 2. The number of hydrogen-bond acceptors (Lipinski definition) is 7. The molecule has 1 saturated heterocycles. The number of halogens is 3. The first-order valence-electron chi connectivity index (χ1n) is 13.7. The van der Waals surface area contributed by atoms with Crippen LogP contribution >= 0.6 is 0 Å². The minimum absolute atomic E-state index is 0.0485. The molecule has 1 aliphatic rings. The quantitative estimate of drug-likeness (QED) is 0.300. The number of phenolic OH excluding ortho intramolecular Hbond substituents is 1. The molecule has 2 N–H and O–H groups in total. The number of benzene rings is 2. The summed E-state index contributed by atoms with van der Waals surface area (Å²) in [6.45, 7) is 4.83. The molecule has 0 amide bonds. The number of alkyl halides is 2. The van der Waals surface area contributed by atoms with E-state index in [0.29, 0.717) is 33.3 Å². The van der Waals surface area contributed by atoms with Crippen LogP contribution in [0.15, 0.2) is 59.5 Å². The van der Waals surface area contributed by atoms with E-state index in [9.17, 15) is 18.7 Å². The lowest BCUT2D eigenvalue weighted by atomic mass is 10.0. The fraction of sp³-hybridized carbons (Fsp3) is 0.290. The summed E-state index contributed by atoms with van der Waals surface area (Å²) in [6, 6.07) is 13.1. The number of nitrogens with zero attached hydrogens (tertiary/aromatic N) is 5. The molecule has 0 radical (unpaired) electrons. The topological polar surface area (TPSA) is 96.2 Å². The van der Waals surface area contributed by atoms with Crippen molar-refractivity contribution in [1.82, 2.24) is 24.8 Å². The fourth-order valence-corrected chi connectivity index (χ4v) is 5.59. The van der Waals surface area contributed by atoms with Gasteiger partial charge in [-0.25, -0.2) is 27.5 Å². The average molecular weight is 575 g/mol. The normalized spacial score (nSPS) is 15.5. The zero-order valence-electron chi connectivity index (χ0n) is 23.3. The number of pyridine rings is 2. The van der Waals surface area contributed by atoms with Crippen LogP contribution in [0.4, 0.5) is 19.0 Å². The van der Waals surface area contributed by atoms with Gasteiger partial charge in [-0.05, 0) is 53.4 Å². The molecule has 216 valence electrons. The highest BCUT2D eigenvalue weighted by molar-refractivity contribution is 5.99. The van der Waals surface area contributed by atoms with Gasteiger partial charge in [-0.1, -0.05) is 38.1 Å². The molecule has 1 fully saturated rings. The maximum absolute atomic E-state index is 16.1. The fourth-order valence-electron chi connectivity index (χ4n) is 5.59. The highest BCUT2D eigenvalue weighted by Gasteiger charge is 2.35. The van der Waals surface area contributed by atoms with Crippen molar-refractivity contribution in [2.75, 3.05) is 31.1 Å². The van der Waals surface area contributed by atoms with Gasteiger partial charge < -0.3 is 15.3 Å². The van der Waals surface area contributed by atoms with Crippen molar-refractivity contribution in [3.63, 3.8) is 0 Å². The summed E-state index contributed by atoms with van der Waals surface area (Å²) < 4.78 is 46.7. The van der Waals surface area contributed by atoms with Crippen molar-refractivity contribution in [2.24, 2.45) is 0 Å². The Morgan fingerprint density at radius 2 is 1.86 bits per heavy atom. The second kappa shape index (κ2) is 10.4. The largest absolute Gasteiger partial charge is 0.508 e. The molecule has 5 aromatic rings. The van der Waals surface area contributed by atoms with Gasteiger partial charge >= 0.3 is 5.69 Å². The smallest absolute Gasteiger partial charge is 0.355 e. The molecule has 3 aromatic heterocycles. The molecule has 6 rings (SSSR count). The third-order valence-corrected chi connectivity index (χ3v) is 7.49. The second-order valence-electron chi connectivity index (χ2n) is 10.9. The molecule has 0 saturated carbocycles. The first-order chi connectivity index (χ1) is 20.0. The number of anilines is 1. The van der Waals surface area contributed by atoms with Crippen LogP contribution in [0.25, 0.3) is 38.8 Å². The summed E-state index contributed by atoms with van der Waals surface area (Å²) in [5.74, 6) is -4.09. The Kier molecular flexibility index (Phi) is 6.84. The molecule has 0 unspecified atom stereocenters. The standard InChI is InChI=1S/C31H29F3N6O2/c1-17(2)25-27(18(3)8-9-36-25)40-29-23(28(38-30(40)42)39-11-10-35-15-31(33,34)16-39)14-24(32)26(37-29)22-13-20(41)12-19-6-4-5-7-21(19)22/h4-9,12-14,17,35,41H,10-11,15-16H2,1-3H3. The van der Waals surface area contributed by atoms with Gasteiger partial charge in [0.2, 0.25) is 0 Å². The SMILES string of the molecule is Cc1ccnc(C(C)C)c1-n1c(=O)nc(N2CCNCC(F)(F)C2)c2cc(F)c(-c3cc(O)cc4ccccc34)nc21. The van der Waals surface area contributed by atoms with Crippen LogP contribution in [0.3, 0.4) is 0 Å². The number of rotatable bonds is 4. The van der Waals surface area contributed by atoms with Crippen LogP contribution in [0.1, 0.15) is 31.0 Å². The van der Waals surface area contributed by atoms with Crippen molar-refractivity contribution in [3.05, 3.63) is 82.3 Å². The molecule has 4 heterocycles. The first kappa shape index (κ1) is 27.6. The van der Waals surface area contributed by atoms with Gasteiger partial charge in [-0.15, -0.1) is 0 Å². The Bertz CT molecular complexity index is 1910. The lowest BCUT2D eigenvalue weighted by Gasteiger charge is -2.26. The summed E-state index contributed by atoms with van der Waals surface area (Å²) in [5, 5.41) is 14.6. The van der Waals surface area contributed by atoms with E-state index < -0.39 is 30.5 Å². The minimum atomic E-state index is -3.10. The van der Waals surface area contributed by atoms with Crippen LogP contribution in [0.2, 0.25) is 0 Å². The number of aromatic hydroxyl groups is 1. The molecule has 0 atom stereocenters. The molecule has 0 bridgehead atoms. The monoisotopic (exact) mass is 574 g/mol. The van der Waals surface area contributed by atoms with Crippen molar-refractivity contribution in [2.45, 2.75) is 32.6 Å². The van der Waals surface area contributed by atoms with E-state index in [2.05, 4.69) is 15.3 Å². The zero-order chi connectivity index (χ0) is 29.8.